The molecule has 0 radical (unpaired) electrons. The zero-order chi connectivity index (χ0) is 110. The number of carbonyl (C=O) groups excluding carboxylic acids is 19. The summed E-state index contributed by atoms with van der Waals surface area (Å²) >= 11 is 0. The summed E-state index contributed by atoms with van der Waals surface area (Å²) in [4.78, 5) is 252. The van der Waals surface area contributed by atoms with Gasteiger partial charge in [-0.2, -0.15) is 0 Å². The van der Waals surface area contributed by atoms with Gasteiger partial charge in [0, 0.05) is 160 Å². The first-order chi connectivity index (χ1) is 71.2. The third-order valence-corrected chi connectivity index (χ3v) is 28.3. The number of benzene rings is 6. The number of nitrogens with one attached hydrogen (secondary N) is 3. The number of fused-ring (bicyclic) bond motifs is 4. The molecule has 2 unspecified atom stereocenters. The Hall–Kier alpha value is -15.1. The minimum absolute atomic E-state index is 0.00493. The molecule has 18 amide bonds. The second-order valence-corrected chi connectivity index (χ2v) is 38.0. The number of urea groups is 3. The van der Waals surface area contributed by atoms with Gasteiger partial charge >= 0.3 is 106 Å². The van der Waals surface area contributed by atoms with Gasteiger partial charge in [-0.25, -0.2) is 14.4 Å². The fourth-order valence-corrected chi connectivity index (χ4v) is 19.2. The molecule has 796 valence electrons. The molecule has 150 heavy (non-hydrogen) atoms. The van der Waals surface area contributed by atoms with Gasteiger partial charge < -0.3 is 105 Å². The molecule has 49 heteroatoms. The smallest absolute Gasteiger partial charge is 0.526 e. The number of phenols is 3. The summed E-state index contributed by atoms with van der Waals surface area (Å²) < 4.78 is 28.2. The molecule has 0 bridgehead atoms. The number of para-hydroxylation sites is 4. The van der Waals surface area contributed by atoms with Crippen LogP contribution in [0.2, 0.25) is 23.3 Å². The van der Waals surface area contributed by atoms with Crippen molar-refractivity contribution < 1.29 is 150 Å². The van der Waals surface area contributed by atoms with Crippen molar-refractivity contribution >= 4 is 141 Å². The molecule has 0 saturated carbocycles. The highest BCUT2D eigenvalue weighted by Crippen LogP contribution is 2.44. The van der Waals surface area contributed by atoms with Gasteiger partial charge in [-0.1, -0.05) is 78.9 Å². The third kappa shape index (κ3) is 25.9. The van der Waals surface area contributed by atoms with Gasteiger partial charge in [0.15, 0.2) is 34.6 Å². The largest absolute Gasteiger partial charge is 0.536 e. The van der Waals surface area contributed by atoms with Crippen LogP contribution >= 0.6 is 0 Å². The SMILES string of the molecule is CCN1CCN(C(=O)CC[C@@H](NC(=O)N2CCN(CC)C(=O)C2=O)C(=O)C[C@H]2Cc3cccc(C)c3OB2O)C(=O)C1=O.CCN1CCN(C(=O)C[C@@H](N)C(=O)C[C@H]2Cc3cccc(C)c3OB2O)C(=O)C1=O.CCN1CCN(C(=O)NC(C(=O)C[C@H]2Cc3cccc(C)c3OB2O)c2cc(C)c(C)c(OC)c2)C(=O)C1=O.CCN1CCN(C(=O)NC(C(=O)C[C@H]2Cc3cccc(C)c3OB2O)c2cc(O)c(O)c(O)c2)C(=O)C1=O. The van der Waals surface area contributed by atoms with E-state index in [2.05, 4.69) is 16.0 Å². The normalized spacial score (nSPS) is 18.9. The minimum Gasteiger partial charge on any atom is -0.536 e. The molecule has 0 aliphatic carbocycles. The van der Waals surface area contributed by atoms with Crippen molar-refractivity contribution in [1.29, 1.82) is 0 Å². The third-order valence-electron chi connectivity index (χ3n) is 28.3. The highest BCUT2D eigenvalue weighted by molar-refractivity contribution is 6.49. The maximum atomic E-state index is 13.8. The zero-order valence-corrected chi connectivity index (χ0v) is 85.5. The highest BCUT2D eigenvalue weighted by atomic mass is 16.5. The van der Waals surface area contributed by atoms with Crippen LogP contribution in [0.25, 0.3) is 0 Å². The fourth-order valence-electron chi connectivity index (χ4n) is 19.2. The summed E-state index contributed by atoms with van der Waals surface area (Å²) in [5.74, 6) is -13.9. The topological polar surface area (TPSA) is 607 Å². The monoisotopic (exact) mass is 2070 g/mol. The van der Waals surface area contributed by atoms with Gasteiger partial charge in [0.05, 0.1) is 19.2 Å². The predicted molar refractivity (Wildman–Crippen MR) is 538 cm³/mol. The van der Waals surface area contributed by atoms with Gasteiger partial charge in [-0.15, -0.1) is 0 Å². The molecule has 0 spiro atoms. The van der Waals surface area contributed by atoms with Crippen LogP contribution in [0.15, 0.2) is 97.1 Å². The fraction of sp³-hybridized carbons (Fsp3) is 0.455. The van der Waals surface area contributed by atoms with Gasteiger partial charge in [0.25, 0.3) is 0 Å². The molecular formula is C101H124B4N14O31. The van der Waals surface area contributed by atoms with Crippen LogP contribution in [-0.2, 0) is 102 Å². The van der Waals surface area contributed by atoms with Crippen molar-refractivity contribution in [1.82, 2.24) is 64.9 Å². The van der Waals surface area contributed by atoms with Gasteiger partial charge in [-0.05, 0) is 193 Å². The molecule has 12 N–H and O–H groups in total. The van der Waals surface area contributed by atoms with Crippen LogP contribution in [0.5, 0.6) is 46.0 Å². The summed E-state index contributed by atoms with van der Waals surface area (Å²) in [7, 11) is -3.43. The van der Waals surface area contributed by atoms with E-state index in [9.17, 15) is 127 Å². The number of likely N-dealkylation sites (N-methyl/N-ethyl adjacent to an activating group) is 5. The molecule has 15 rings (SSSR count). The van der Waals surface area contributed by atoms with Gasteiger partial charge in [0.1, 0.15) is 46.6 Å². The molecule has 45 nitrogen and oxygen atoms in total. The first-order valence-corrected chi connectivity index (χ1v) is 49.8. The lowest BCUT2D eigenvalue weighted by Gasteiger charge is -2.33. The summed E-state index contributed by atoms with van der Waals surface area (Å²) in [6.07, 6.45) is -0.109. The van der Waals surface area contributed by atoms with Crippen molar-refractivity contribution in [3.63, 3.8) is 0 Å². The molecule has 9 aliphatic rings. The summed E-state index contributed by atoms with van der Waals surface area (Å²) in [6.45, 7) is 22.4. The molecule has 8 atom stereocenters. The van der Waals surface area contributed by atoms with Crippen molar-refractivity contribution in [3.05, 3.63) is 164 Å². The Kier molecular flexibility index (Phi) is 37.7. The average Bonchev–Trinajstić information content (AvgIpc) is 0.813. The zero-order valence-electron chi connectivity index (χ0n) is 85.5. The van der Waals surface area contributed by atoms with Crippen molar-refractivity contribution in [2.24, 2.45) is 5.73 Å². The number of ketones is 4. The number of nitrogens with zero attached hydrogens (tertiary/aromatic N) is 10. The lowest BCUT2D eigenvalue weighted by molar-refractivity contribution is -0.161. The van der Waals surface area contributed by atoms with Crippen LogP contribution in [0.3, 0.4) is 0 Å². The number of methoxy groups -OCH3 is 1. The second kappa shape index (κ2) is 49.8. The summed E-state index contributed by atoms with van der Waals surface area (Å²) in [5, 5.41) is 79.6. The quantitative estimate of drug-likeness (QED) is 0.0191. The standard InChI is InChI=1S/C28H36BN5O9.C28H34BN3O7.C25H28BN3O9.C20H26BN3O6/c1-4-31-11-13-33(26(39)24(31)37)22(36)10-9-20(30-28(41)34-14-12-32(5-2)25(38)27(34)40)21(35)16-19-15-18-8-6-7-17(3)23(18)43-29(19)42;1-6-31-10-11-32(27(35)26(31)34)28(36)30-24(20-12-17(3)18(4)23(14-20)38-5)22(33)15-21-13-19-9-7-8-16(2)25(19)39-29(21)37;1-3-28-7-8-29(24(35)23(28)34)25(36)27-20(15-10-18(31)21(33)19(32)11-15)17(30)12-16-9-14-6-4-5-13(2)22(14)38-26(16)37;1-3-23-7-8-24(20(28)19(23)27)17(26)11-15(22)16(25)10-14-9-13-6-4-5-12(2)18(13)30-21(14)29/h6-8,19-20,42H,4-5,9-16H2,1-3H3,(H,30,41);7-9,12,14,21,24,37H,6,10-11,13,15H2,1-5H3,(H,30,36);4-6,10-11,16,20,31-33,37H,3,7-9,12H2,1-2H3,(H,27,36);4-6,14-15,29H,3,7-11,22H2,1-2H3/t19-,20-;21-,24?;16-,20?;14-,15-/m1111/s1. The number of piperazine rings is 5. The first-order valence-electron chi connectivity index (χ1n) is 49.8. The molecule has 6 aromatic rings. The minimum atomic E-state index is -1.50. The Morgan fingerprint density at radius 1 is 0.373 bits per heavy atom. The van der Waals surface area contributed by atoms with Crippen LogP contribution < -0.4 is 45.0 Å². The van der Waals surface area contributed by atoms with E-state index in [1.54, 1.807) is 46.8 Å². The molecule has 0 aromatic heterocycles. The van der Waals surface area contributed by atoms with Gasteiger partial charge in [-0.3, -0.25) is 101 Å². The van der Waals surface area contributed by atoms with E-state index < -0.39 is 199 Å². The number of Topliss-reactive ketones (excluding diaryl/α,β-unsaturated/α-hetero) is 4. The Labute approximate surface area is 866 Å². The molecule has 9 heterocycles. The number of carbonyl (C=O) groups is 19. The number of rotatable bonds is 28. The summed E-state index contributed by atoms with van der Waals surface area (Å²) in [5.41, 5.74) is 14.9. The van der Waals surface area contributed by atoms with Gasteiger partial charge in [0.2, 0.25) is 11.8 Å². The van der Waals surface area contributed by atoms with Crippen LogP contribution in [-0.4, -0.2) is 342 Å². The van der Waals surface area contributed by atoms with E-state index >= 15 is 0 Å². The second-order valence-electron chi connectivity index (χ2n) is 38.0. The Balaban J connectivity index is 0.000000178. The number of amides is 18. The number of aryl methyl sites for hydroxylation is 5. The van der Waals surface area contributed by atoms with E-state index in [-0.39, 0.29) is 122 Å². The number of phenolic OH excluding ortho intramolecular Hbond substituents is 3. The highest BCUT2D eigenvalue weighted by Gasteiger charge is 2.49. The number of nitrogens with two attached hydrogens (primary N) is 1. The Morgan fingerprint density at radius 2 is 0.660 bits per heavy atom. The molecular weight excluding hydrogens is 1950 g/mol. The molecule has 5 saturated heterocycles. The van der Waals surface area contributed by atoms with E-state index in [4.69, 9.17) is 29.1 Å². The molecule has 5 fully saturated rings. The maximum Gasteiger partial charge on any atom is 0.526 e. The van der Waals surface area contributed by atoms with Crippen LogP contribution in [0, 0.1) is 41.5 Å². The van der Waals surface area contributed by atoms with Crippen molar-refractivity contribution in [3.8, 4) is 46.0 Å². The van der Waals surface area contributed by atoms with Crippen molar-refractivity contribution in [2.75, 3.05) is 105 Å². The number of aromatic hydroxyl groups is 3. The number of hydrogen-bond acceptors (Lipinski definition) is 32. The van der Waals surface area contributed by atoms with Crippen LogP contribution in [0.1, 0.15) is 158 Å². The van der Waals surface area contributed by atoms with E-state index in [1.165, 1.54) is 31.6 Å². The average molecular weight is 2070 g/mol. The van der Waals surface area contributed by atoms with E-state index in [1.807, 2.05) is 114 Å². The van der Waals surface area contributed by atoms with E-state index in [0.29, 0.717) is 97.6 Å². The number of imide groups is 5. The lowest BCUT2D eigenvalue weighted by Crippen LogP contribution is -2.60. The van der Waals surface area contributed by atoms with E-state index in [0.717, 1.165) is 87.4 Å². The van der Waals surface area contributed by atoms with Crippen LogP contribution in [0.4, 0.5) is 14.4 Å². The summed E-state index contributed by atoms with van der Waals surface area (Å²) in [6, 6.07) is 19.9. The number of ether oxygens (including phenoxy) is 1. The predicted octanol–water partition coefficient (Wildman–Crippen LogP) is 2.69. The number of hydrogen-bond donors (Lipinski definition) is 11. The van der Waals surface area contributed by atoms with Crippen molar-refractivity contribution in [2.45, 2.75) is 194 Å². The Bertz CT molecular complexity index is 6270. The molecule has 9 aliphatic heterocycles. The lowest BCUT2D eigenvalue weighted by atomic mass is 9.64. The maximum absolute atomic E-state index is 13.8. The molecule has 6 aromatic carbocycles. The first kappa shape index (κ1) is 114. The Morgan fingerprint density at radius 3 is 0.980 bits per heavy atom.